The Labute approximate surface area is 250 Å². The Morgan fingerprint density at radius 3 is 2.21 bits per heavy atom. The number of unbranched alkanes of at least 4 members (excludes halogenated alkanes) is 5. The summed E-state index contributed by atoms with van der Waals surface area (Å²) in [6.45, 7) is 1.82. The van der Waals surface area contributed by atoms with Gasteiger partial charge in [-0.2, -0.15) is 0 Å². The Balaban J connectivity index is 1.37. The topological polar surface area (TPSA) is 80.6 Å². The molecule has 1 fully saturated rings. The molecule has 0 bridgehead atoms. The van der Waals surface area contributed by atoms with Gasteiger partial charge in [-0.15, -0.1) is 0 Å². The van der Waals surface area contributed by atoms with Crippen LogP contribution in [0.3, 0.4) is 0 Å². The van der Waals surface area contributed by atoms with E-state index in [1.807, 2.05) is 54.6 Å². The summed E-state index contributed by atoms with van der Waals surface area (Å²) in [5, 5.41) is 24.2. The van der Waals surface area contributed by atoms with Crippen molar-refractivity contribution in [3.05, 3.63) is 83.4 Å². The Bertz CT molecular complexity index is 1310. The zero-order valence-electron chi connectivity index (χ0n) is 25.3. The Morgan fingerprint density at radius 1 is 0.857 bits per heavy atom. The molecule has 0 aromatic heterocycles. The summed E-state index contributed by atoms with van der Waals surface area (Å²) >= 11 is 0. The van der Waals surface area contributed by atoms with Gasteiger partial charge >= 0.3 is 0 Å². The number of aliphatic hydroxyl groups is 2. The average molecular weight is 576 g/mol. The minimum atomic E-state index is -1.75. The van der Waals surface area contributed by atoms with Crippen LogP contribution in [0.1, 0.15) is 67.6 Å². The number of hydrogen-bond acceptors (Lipinski definition) is 7. The van der Waals surface area contributed by atoms with E-state index in [9.17, 15) is 10.2 Å². The third kappa shape index (κ3) is 5.46. The van der Waals surface area contributed by atoms with Crippen LogP contribution < -0.4 is 18.9 Å². The summed E-state index contributed by atoms with van der Waals surface area (Å²) in [6, 6.07) is 21.2. The molecule has 0 saturated heterocycles. The van der Waals surface area contributed by atoms with Crippen molar-refractivity contribution in [3.8, 4) is 23.0 Å². The highest BCUT2D eigenvalue weighted by molar-refractivity contribution is 5.62. The molecule has 0 unspecified atom stereocenters. The first kappa shape index (κ1) is 30.2. The van der Waals surface area contributed by atoms with E-state index < -0.39 is 17.3 Å². The summed E-state index contributed by atoms with van der Waals surface area (Å²) in [5.74, 6) is 1.85. The lowest BCUT2D eigenvalue weighted by atomic mass is 9.71. The van der Waals surface area contributed by atoms with Gasteiger partial charge in [0.1, 0.15) is 23.0 Å². The van der Waals surface area contributed by atoms with Gasteiger partial charge in [0.2, 0.25) is 0 Å². The summed E-state index contributed by atoms with van der Waals surface area (Å²) in [6.07, 6.45) is 6.42. The van der Waals surface area contributed by atoms with Gasteiger partial charge in [-0.25, -0.2) is 0 Å². The second kappa shape index (κ2) is 12.9. The van der Waals surface area contributed by atoms with Gasteiger partial charge < -0.3 is 34.1 Å². The molecule has 0 spiro atoms. The number of aliphatic hydroxyl groups excluding tert-OH is 1. The van der Waals surface area contributed by atoms with Crippen LogP contribution in [0.15, 0.2) is 66.7 Å². The van der Waals surface area contributed by atoms with Crippen LogP contribution in [0.2, 0.25) is 0 Å². The molecule has 4 atom stereocenters. The van der Waals surface area contributed by atoms with Crippen LogP contribution in [-0.4, -0.2) is 62.7 Å². The fraction of sp³-hybridized carbons (Fsp3) is 0.486. The third-order valence-corrected chi connectivity index (χ3v) is 8.90. The van der Waals surface area contributed by atoms with Crippen molar-refractivity contribution in [2.45, 2.75) is 68.2 Å². The number of nitrogens with zero attached hydrogens (tertiary/aromatic N) is 1. The van der Waals surface area contributed by atoms with Crippen molar-refractivity contribution in [2.75, 3.05) is 41.5 Å². The molecule has 1 aliphatic heterocycles. The van der Waals surface area contributed by atoms with E-state index in [2.05, 4.69) is 19.0 Å². The molecule has 0 amide bonds. The summed E-state index contributed by atoms with van der Waals surface area (Å²) < 4.78 is 24.1. The standard InChI is InChI=1S/C35H45NO6/c1-36(2)20-12-7-5-6-8-13-21-41-27-18-16-26(17-19-27)35-29(25-14-10-9-11-15-25)24-32(37)34(35,38)33-30(40-4)22-28(39-3)23-31(33)42-35/h9-11,14-19,22-23,29,32,37-38H,5-8,12-13,20-21,24H2,1-4H3/t29-,32+,34+,35-/m0/s1. The molecule has 2 aliphatic rings. The molecular weight excluding hydrogens is 530 g/mol. The minimum absolute atomic E-state index is 0.322. The van der Waals surface area contributed by atoms with E-state index in [4.69, 9.17) is 18.9 Å². The molecule has 1 heterocycles. The molecule has 226 valence electrons. The zero-order chi connectivity index (χ0) is 29.7. The van der Waals surface area contributed by atoms with Gasteiger partial charge in [0.05, 0.1) is 32.5 Å². The number of hydrogen-bond donors (Lipinski definition) is 2. The van der Waals surface area contributed by atoms with Crippen LogP contribution in [0.5, 0.6) is 23.0 Å². The normalized spacial score (nSPS) is 24.3. The first-order valence-electron chi connectivity index (χ1n) is 15.1. The third-order valence-electron chi connectivity index (χ3n) is 8.90. The minimum Gasteiger partial charge on any atom is -0.496 e. The van der Waals surface area contributed by atoms with Crippen LogP contribution in [-0.2, 0) is 11.2 Å². The first-order chi connectivity index (χ1) is 20.3. The molecule has 2 N–H and O–H groups in total. The SMILES string of the molecule is COc1cc(OC)c2c(c1)O[C@@]1(c3ccc(OCCCCCCCCN(C)C)cc3)[C@H](c3ccccc3)C[C@@H](O)[C@@]21O. The highest BCUT2D eigenvalue weighted by atomic mass is 16.5. The van der Waals surface area contributed by atoms with Crippen LogP contribution in [0.25, 0.3) is 0 Å². The number of ether oxygens (including phenoxy) is 4. The molecular formula is C35H45NO6. The van der Waals surface area contributed by atoms with Crippen molar-refractivity contribution in [1.82, 2.24) is 4.90 Å². The van der Waals surface area contributed by atoms with E-state index in [0.717, 1.165) is 36.3 Å². The number of methoxy groups -OCH3 is 2. The Morgan fingerprint density at radius 2 is 1.55 bits per heavy atom. The predicted molar refractivity (Wildman–Crippen MR) is 164 cm³/mol. The van der Waals surface area contributed by atoms with Gasteiger partial charge in [0, 0.05) is 18.1 Å². The predicted octanol–water partition coefficient (Wildman–Crippen LogP) is 6.01. The van der Waals surface area contributed by atoms with Gasteiger partial charge in [-0.3, -0.25) is 0 Å². The van der Waals surface area contributed by atoms with Gasteiger partial charge in [-0.1, -0.05) is 68.1 Å². The van der Waals surface area contributed by atoms with E-state index in [1.54, 1.807) is 26.4 Å². The van der Waals surface area contributed by atoms with Gasteiger partial charge in [0.15, 0.2) is 11.2 Å². The largest absolute Gasteiger partial charge is 0.496 e. The van der Waals surface area contributed by atoms with E-state index >= 15 is 0 Å². The molecule has 3 aromatic carbocycles. The number of benzene rings is 3. The van der Waals surface area contributed by atoms with Crippen molar-refractivity contribution in [3.63, 3.8) is 0 Å². The molecule has 42 heavy (non-hydrogen) atoms. The van der Waals surface area contributed by atoms with Crippen LogP contribution in [0.4, 0.5) is 0 Å². The monoisotopic (exact) mass is 575 g/mol. The highest BCUT2D eigenvalue weighted by Crippen LogP contribution is 2.68. The van der Waals surface area contributed by atoms with Crippen molar-refractivity contribution in [1.29, 1.82) is 0 Å². The smallest absolute Gasteiger partial charge is 0.176 e. The lowest BCUT2D eigenvalue weighted by molar-refractivity contribution is -0.150. The second-order valence-electron chi connectivity index (χ2n) is 11.8. The van der Waals surface area contributed by atoms with Gasteiger partial charge in [0.25, 0.3) is 0 Å². The van der Waals surface area contributed by atoms with E-state index in [-0.39, 0.29) is 5.92 Å². The lowest BCUT2D eigenvalue weighted by Gasteiger charge is -2.40. The molecule has 1 saturated carbocycles. The summed E-state index contributed by atoms with van der Waals surface area (Å²) in [5.41, 5.74) is -0.860. The Kier molecular flexibility index (Phi) is 9.31. The van der Waals surface area contributed by atoms with Crippen LogP contribution in [0, 0.1) is 0 Å². The van der Waals surface area contributed by atoms with Gasteiger partial charge in [-0.05, 0) is 63.2 Å². The second-order valence-corrected chi connectivity index (χ2v) is 11.8. The first-order valence-corrected chi connectivity index (χ1v) is 15.1. The van der Waals surface area contributed by atoms with E-state index in [0.29, 0.717) is 35.8 Å². The fourth-order valence-electron chi connectivity index (χ4n) is 6.81. The maximum Gasteiger partial charge on any atom is 0.176 e. The highest BCUT2D eigenvalue weighted by Gasteiger charge is 2.73. The molecule has 3 aromatic rings. The lowest BCUT2D eigenvalue weighted by Crippen LogP contribution is -2.52. The van der Waals surface area contributed by atoms with Crippen molar-refractivity contribution >= 4 is 0 Å². The number of rotatable bonds is 14. The van der Waals surface area contributed by atoms with E-state index in [1.165, 1.54) is 25.7 Å². The molecule has 1 aliphatic carbocycles. The maximum atomic E-state index is 12.6. The number of fused-ring (bicyclic) bond motifs is 3. The van der Waals surface area contributed by atoms with Crippen molar-refractivity contribution < 1.29 is 29.2 Å². The zero-order valence-corrected chi connectivity index (χ0v) is 25.3. The average Bonchev–Trinajstić information content (AvgIpc) is 3.40. The quantitative estimate of drug-likeness (QED) is 0.228. The fourth-order valence-corrected chi connectivity index (χ4v) is 6.81. The van der Waals surface area contributed by atoms with Crippen molar-refractivity contribution in [2.24, 2.45) is 0 Å². The summed E-state index contributed by atoms with van der Waals surface area (Å²) in [4.78, 5) is 2.24. The molecule has 5 rings (SSSR count). The summed E-state index contributed by atoms with van der Waals surface area (Å²) in [7, 11) is 7.37. The molecule has 0 radical (unpaired) electrons. The van der Waals surface area contributed by atoms with Crippen LogP contribution >= 0.6 is 0 Å². The maximum absolute atomic E-state index is 12.6. The Hall–Kier alpha value is -3.26. The molecule has 7 heteroatoms. The molecule has 7 nitrogen and oxygen atoms in total.